The van der Waals surface area contributed by atoms with Crippen molar-refractivity contribution in [2.75, 3.05) is 26.2 Å². The summed E-state index contributed by atoms with van der Waals surface area (Å²) < 4.78 is 5.06. The zero-order valence-corrected chi connectivity index (χ0v) is 12.9. The molecule has 112 valence electrons. The van der Waals surface area contributed by atoms with Crippen LogP contribution in [0.1, 0.15) is 47.0 Å². The zero-order valence-electron chi connectivity index (χ0n) is 12.9. The standard InChI is InChI=1S/C15H30N2O2/c1-5-19-15(18)10-13(4)17(12(2)3)11-14-6-8-16-9-7-14/h12-14,16H,5-11H2,1-4H3. The third kappa shape index (κ3) is 5.91. The predicted octanol–water partition coefficient (Wildman–Crippen LogP) is 2.04. The van der Waals surface area contributed by atoms with Crippen LogP contribution in [0.4, 0.5) is 0 Å². The Kier molecular flexibility index (Phi) is 7.39. The first kappa shape index (κ1) is 16.4. The molecule has 0 aromatic heterocycles. The van der Waals surface area contributed by atoms with Crippen molar-refractivity contribution in [3.05, 3.63) is 0 Å². The molecule has 1 atom stereocenters. The Hall–Kier alpha value is -0.610. The lowest BCUT2D eigenvalue weighted by Gasteiger charge is -2.36. The summed E-state index contributed by atoms with van der Waals surface area (Å²) in [5.41, 5.74) is 0. The van der Waals surface area contributed by atoms with Crippen LogP contribution < -0.4 is 5.32 Å². The molecule has 0 amide bonds. The van der Waals surface area contributed by atoms with Gasteiger partial charge < -0.3 is 10.1 Å². The van der Waals surface area contributed by atoms with Gasteiger partial charge >= 0.3 is 5.97 Å². The van der Waals surface area contributed by atoms with E-state index in [9.17, 15) is 4.79 Å². The molecule has 0 radical (unpaired) electrons. The molecule has 1 heterocycles. The Labute approximate surface area is 117 Å². The van der Waals surface area contributed by atoms with Gasteiger partial charge in [0.05, 0.1) is 13.0 Å². The minimum absolute atomic E-state index is 0.0778. The van der Waals surface area contributed by atoms with Crippen molar-refractivity contribution in [3.8, 4) is 0 Å². The lowest BCUT2D eigenvalue weighted by atomic mass is 9.96. The monoisotopic (exact) mass is 270 g/mol. The van der Waals surface area contributed by atoms with E-state index in [4.69, 9.17) is 4.74 Å². The number of ether oxygens (including phenoxy) is 1. The summed E-state index contributed by atoms with van der Waals surface area (Å²) in [4.78, 5) is 14.1. The molecule has 1 unspecified atom stereocenters. The third-order valence-corrected chi connectivity index (χ3v) is 3.92. The smallest absolute Gasteiger partial charge is 0.307 e. The van der Waals surface area contributed by atoms with E-state index in [0.29, 0.717) is 19.1 Å². The van der Waals surface area contributed by atoms with Crippen LogP contribution in [-0.4, -0.2) is 49.2 Å². The maximum Gasteiger partial charge on any atom is 0.307 e. The predicted molar refractivity (Wildman–Crippen MR) is 78.1 cm³/mol. The first-order valence-corrected chi connectivity index (χ1v) is 7.66. The van der Waals surface area contributed by atoms with Crippen molar-refractivity contribution in [2.45, 2.75) is 59.0 Å². The van der Waals surface area contributed by atoms with Crippen LogP contribution in [0.15, 0.2) is 0 Å². The van der Waals surface area contributed by atoms with Crippen molar-refractivity contribution in [2.24, 2.45) is 5.92 Å². The molecular formula is C15H30N2O2. The summed E-state index contributed by atoms with van der Waals surface area (Å²) in [6.45, 7) is 12.2. The fraction of sp³-hybridized carbons (Fsp3) is 0.933. The molecular weight excluding hydrogens is 240 g/mol. The molecule has 1 N–H and O–H groups in total. The molecule has 0 saturated carbocycles. The number of piperidine rings is 1. The topological polar surface area (TPSA) is 41.6 Å². The fourth-order valence-corrected chi connectivity index (χ4v) is 2.84. The maximum absolute atomic E-state index is 11.6. The van der Waals surface area contributed by atoms with E-state index in [1.165, 1.54) is 12.8 Å². The van der Waals surface area contributed by atoms with Crippen molar-refractivity contribution in [3.63, 3.8) is 0 Å². The Balaban J connectivity index is 2.47. The SMILES string of the molecule is CCOC(=O)CC(C)N(CC1CCNCC1)C(C)C. The Bertz CT molecular complexity index is 263. The van der Waals surface area contributed by atoms with Gasteiger partial charge in [-0.1, -0.05) is 0 Å². The molecule has 0 aromatic carbocycles. The van der Waals surface area contributed by atoms with Crippen LogP contribution in [0, 0.1) is 5.92 Å². The van der Waals surface area contributed by atoms with Crippen LogP contribution in [0.3, 0.4) is 0 Å². The number of carbonyl (C=O) groups excluding carboxylic acids is 1. The van der Waals surface area contributed by atoms with Crippen molar-refractivity contribution >= 4 is 5.97 Å². The highest BCUT2D eigenvalue weighted by Crippen LogP contribution is 2.18. The molecule has 0 aromatic rings. The average Bonchev–Trinajstić information content (AvgIpc) is 2.36. The summed E-state index contributed by atoms with van der Waals surface area (Å²) in [6, 6.07) is 0.730. The Morgan fingerprint density at radius 2 is 1.95 bits per heavy atom. The minimum Gasteiger partial charge on any atom is -0.466 e. The summed E-state index contributed by atoms with van der Waals surface area (Å²) in [6.07, 6.45) is 2.99. The molecule has 1 aliphatic heterocycles. The second-order valence-electron chi connectivity index (χ2n) is 5.84. The van der Waals surface area contributed by atoms with Gasteiger partial charge in [0, 0.05) is 18.6 Å². The van der Waals surface area contributed by atoms with Gasteiger partial charge in [-0.15, -0.1) is 0 Å². The Morgan fingerprint density at radius 1 is 1.32 bits per heavy atom. The molecule has 0 bridgehead atoms. The van der Waals surface area contributed by atoms with Gasteiger partial charge in [-0.25, -0.2) is 0 Å². The van der Waals surface area contributed by atoms with Crippen molar-refractivity contribution in [1.82, 2.24) is 10.2 Å². The van der Waals surface area contributed by atoms with Gasteiger partial charge in [-0.2, -0.15) is 0 Å². The second-order valence-corrected chi connectivity index (χ2v) is 5.84. The molecule has 4 nitrogen and oxygen atoms in total. The molecule has 1 saturated heterocycles. The quantitative estimate of drug-likeness (QED) is 0.719. The summed E-state index contributed by atoms with van der Waals surface area (Å²) in [5.74, 6) is 0.680. The van der Waals surface area contributed by atoms with E-state index < -0.39 is 0 Å². The molecule has 4 heteroatoms. The molecule has 0 spiro atoms. The van der Waals surface area contributed by atoms with Crippen molar-refractivity contribution < 1.29 is 9.53 Å². The number of nitrogens with zero attached hydrogens (tertiary/aromatic N) is 1. The highest BCUT2D eigenvalue weighted by atomic mass is 16.5. The van der Waals surface area contributed by atoms with E-state index in [2.05, 4.69) is 31.0 Å². The highest BCUT2D eigenvalue weighted by Gasteiger charge is 2.24. The zero-order chi connectivity index (χ0) is 14.3. The van der Waals surface area contributed by atoms with Crippen LogP contribution in [0.25, 0.3) is 0 Å². The van der Waals surface area contributed by atoms with Crippen LogP contribution in [0.2, 0.25) is 0 Å². The summed E-state index contributed by atoms with van der Waals surface area (Å²) >= 11 is 0. The number of nitrogens with one attached hydrogen (secondary N) is 1. The Morgan fingerprint density at radius 3 is 2.47 bits per heavy atom. The van der Waals surface area contributed by atoms with Crippen LogP contribution >= 0.6 is 0 Å². The molecule has 1 fully saturated rings. The number of carbonyl (C=O) groups is 1. The number of esters is 1. The number of hydrogen-bond acceptors (Lipinski definition) is 4. The summed E-state index contributed by atoms with van der Waals surface area (Å²) in [5, 5.41) is 3.40. The number of rotatable bonds is 7. The molecule has 1 rings (SSSR count). The highest BCUT2D eigenvalue weighted by molar-refractivity contribution is 5.70. The van der Waals surface area contributed by atoms with E-state index in [0.717, 1.165) is 25.6 Å². The first-order valence-electron chi connectivity index (χ1n) is 7.66. The van der Waals surface area contributed by atoms with E-state index >= 15 is 0 Å². The maximum atomic E-state index is 11.6. The first-order chi connectivity index (χ1) is 9.04. The molecule has 0 aliphatic carbocycles. The van der Waals surface area contributed by atoms with Crippen LogP contribution in [0.5, 0.6) is 0 Å². The van der Waals surface area contributed by atoms with Gasteiger partial charge in [0.1, 0.15) is 0 Å². The normalized spacial score (nSPS) is 18.8. The van der Waals surface area contributed by atoms with Crippen LogP contribution in [-0.2, 0) is 9.53 Å². The summed E-state index contributed by atoms with van der Waals surface area (Å²) in [7, 11) is 0. The average molecular weight is 270 g/mol. The van der Waals surface area contributed by atoms with E-state index in [-0.39, 0.29) is 12.0 Å². The van der Waals surface area contributed by atoms with Gasteiger partial charge in [0.25, 0.3) is 0 Å². The second kappa shape index (κ2) is 8.54. The number of hydrogen-bond donors (Lipinski definition) is 1. The largest absolute Gasteiger partial charge is 0.466 e. The molecule has 1 aliphatic rings. The van der Waals surface area contributed by atoms with Gasteiger partial charge in [-0.3, -0.25) is 9.69 Å². The molecule has 19 heavy (non-hydrogen) atoms. The lowest BCUT2D eigenvalue weighted by Crippen LogP contribution is -2.45. The van der Waals surface area contributed by atoms with Gasteiger partial charge in [0.15, 0.2) is 0 Å². The third-order valence-electron chi connectivity index (χ3n) is 3.92. The lowest BCUT2D eigenvalue weighted by molar-refractivity contribution is -0.144. The van der Waals surface area contributed by atoms with Gasteiger partial charge in [0.2, 0.25) is 0 Å². The van der Waals surface area contributed by atoms with E-state index in [1.54, 1.807) is 0 Å². The fourth-order valence-electron chi connectivity index (χ4n) is 2.84. The minimum atomic E-state index is -0.0778. The van der Waals surface area contributed by atoms with Gasteiger partial charge in [-0.05, 0) is 59.5 Å². The van der Waals surface area contributed by atoms with E-state index in [1.807, 2.05) is 6.92 Å². The van der Waals surface area contributed by atoms with Crippen molar-refractivity contribution in [1.29, 1.82) is 0 Å².